The summed E-state index contributed by atoms with van der Waals surface area (Å²) in [5.41, 5.74) is 0.227. The number of aryl methyl sites for hydroxylation is 1. The zero-order valence-electron chi connectivity index (χ0n) is 13.4. The molecule has 9 heteroatoms. The van der Waals surface area contributed by atoms with Crippen molar-refractivity contribution in [2.75, 3.05) is 13.2 Å². The average Bonchev–Trinajstić information content (AvgIpc) is 2.52. The molecule has 0 bridgehead atoms. The van der Waals surface area contributed by atoms with Crippen molar-refractivity contribution in [1.82, 2.24) is 9.55 Å². The maximum Gasteiger partial charge on any atom is 0.353 e. The molecular weight excluding hydrogens is 355 g/mol. The number of aromatic amines is 1. The highest BCUT2D eigenvalue weighted by Crippen LogP contribution is 2.61. The number of hydrogen-bond acceptors (Lipinski definition) is 5. The number of H-pyrrole nitrogens is 1. The van der Waals surface area contributed by atoms with Gasteiger partial charge in [-0.1, -0.05) is 11.6 Å². The van der Waals surface area contributed by atoms with E-state index in [9.17, 15) is 14.2 Å². The van der Waals surface area contributed by atoms with Gasteiger partial charge in [-0.3, -0.25) is 18.7 Å². The Morgan fingerprint density at radius 2 is 1.96 bits per heavy atom. The summed E-state index contributed by atoms with van der Waals surface area (Å²) in [5.74, 6) is -0.830. The maximum absolute atomic E-state index is 13.2. The summed E-state index contributed by atoms with van der Waals surface area (Å²) in [5, 5.41) is 0.467. The Kier molecular flexibility index (Phi) is 4.71. The summed E-state index contributed by atoms with van der Waals surface area (Å²) in [6.45, 7) is 3.78. The third kappa shape index (κ3) is 2.75. The van der Waals surface area contributed by atoms with Gasteiger partial charge in [-0.2, -0.15) is 0 Å². The van der Waals surface area contributed by atoms with E-state index in [1.54, 1.807) is 26.0 Å². The molecule has 1 unspecified atom stereocenters. The molecule has 1 atom stereocenters. The highest BCUT2D eigenvalue weighted by Gasteiger charge is 2.40. The van der Waals surface area contributed by atoms with Gasteiger partial charge in [-0.05, 0) is 44.4 Å². The monoisotopic (exact) mass is 372 g/mol. The number of nitrogens with one attached hydrogen (secondary N) is 1. The first-order valence-corrected chi connectivity index (χ1v) is 9.76. The fourth-order valence-corrected chi connectivity index (χ4v) is 5.51. The van der Waals surface area contributed by atoms with Crippen LogP contribution in [-0.2, 0) is 20.0 Å². The molecule has 2 aromatic rings. The van der Waals surface area contributed by atoms with Gasteiger partial charge in [0.1, 0.15) is 5.78 Å². The first-order valence-electron chi connectivity index (χ1n) is 7.77. The number of rotatable bonds is 5. The Bertz CT molecular complexity index is 941. The van der Waals surface area contributed by atoms with E-state index in [-0.39, 0.29) is 13.2 Å². The first kappa shape index (κ1) is 17.4. The molecule has 0 saturated carbocycles. The SMILES string of the molecule is CCOP(=O)(OCC)C1CCc2cc(Cl)cc3[nH]c(=O)c(=O)n1c23. The molecule has 7 nitrogen and oxygen atoms in total. The highest BCUT2D eigenvalue weighted by molar-refractivity contribution is 7.54. The van der Waals surface area contributed by atoms with Crippen LogP contribution in [0, 0.1) is 0 Å². The lowest BCUT2D eigenvalue weighted by atomic mass is 10.0. The smallest absolute Gasteiger partial charge is 0.316 e. The van der Waals surface area contributed by atoms with Crippen molar-refractivity contribution < 1.29 is 13.6 Å². The van der Waals surface area contributed by atoms with Crippen LogP contribution in [0.5, 0.6) is 0 Å². The van der Waals surface area contributed by atoms with Crippen molar-refractivity contribution in [3.8, 4) is 0 Å². The van der Waals surface area contributed by atoms with Crippen LogP contribution in [0.3, 0.4) is 0 Å². The van der Waals surface area contributed by atoms with Gasteiger partial charge in [0.05, 0.1) is 24.2 Å². The van der Waals surface area contributed by atoms with Gasteiger partial charge >= 0.3 is 18.7 Å². The minimum atomic E-state index is -3.59. The molecular formula is C15H18ClN2O5P. The minimum absolute atomic E-state index is 0.183. The molecule has 1 aliphatic rings. The summed E-state index contributed by atoms with van der Waals surface area (Å²) >= 11 is 6.08. The van der Waals surface area contributed by atoms with Gasteiger partial charge in [-0.15, -0.1) is 0 Å². The summed E-state index contributed by atoms with van der Waals surface area (Å²) < 4.78 is 25.3. The molecule has 24 heavy (non-hydrogen) atoms. The fourth-order valence-electron chi connectivity index (χ4n) is 3.18. The van der Waals surface area contributed by atoms with Gasteiger partial charge in [0.15, 0.2) is 0 Å². The molecule has 0 aliphatic carbocycles. The van der Waals surface area contributed by atoms with Crippen LogP contribution in [0.4, 0.5) is 0 Å². The summed E-state index contributed by atoms with van der Waals surface area (Å²) in [6, 6.07) is 3.33. The third-order valence-corrected chi connectivity index (χ3v) is 6.68. The van der Waals surface area contributed by atoms with Gasteiger partial charge in [-0.25, -0.2) is 0 Å². The molecule has 0 fully saturated rings. The summed E-state index contributed by atoms with van der Waals surface area (Å²) in [4.78, 5) is 27.1. The predicted octanol–water partition coefficient (Wildman–Crippen LogP) is 3.05. The molecule has 2 heterocycles. The van der Waals surface area contributed by atoms with Crippen molar-refractivity contribution in [3.63, 3.8) is 0 Å². The fraction of sp³-hybridized carbons (Fsp3) is 0.467. The van der Waals surface area contributed by atoms with Crippen LogP contribution in [0.1, 0.15) is 31.6 Å². The zero-order chi connectivity index (χ0) is 17.5. The Balaban J connectivity index is 2.34. The Morgan fingerprint density at radius 1 is 1.29 bits per heavy atom. The van der Waals surface area contributed by atoms with Crippen molar-refractivity contribution in [3.05, 3.63) is 43.4 Å². The molecule has 1 aromatic heterocycles. The quantitative estimate of drug-likeness (QED) is 0.643. The molecule has 0 radical (unpaired) electrons. The molecule has 130 valence electrons. The topological polar surface area (TPSA) is 90.4 Å². The van der Waals surface area contributed by atoms with E-state index in [1.165, 1.54) is 4.57 Å². The van der Waals surface area contributed by atoms with Crippen LogP contribution >= 0.6 is 19.2 Å². The second-order valence-corrected chi connectivity index (χ2v) is 8.11. The maximum atomic E-state index is 13.2. The van der Waals surface area contributed by atoms with Crippen LogP contribution in [0.15, 0.2) is 21.7 Å². The van der Waals surface area contributed by atoms with E-state index >= 15 is 0 Å². The third-order valence-electron chi connectivity index (χ3n) is 4.01. The molecule has 1 aliphatic heterocycles. The van der Waals surface area contributed by atoms with Crippen molar-refractivity contribution >= 4 is 30.2 Å². The van der Waals surface area contributed by atoms with Crippen LogP contribution < -0.4 is 11.1 Å². The summed E-state index contributed by atoms with van der Waals surface area (Å²) in [7, 11) is -3.59. The second-order valence-electron chi connectivity index (χ2n) is 5.49. The van der Waals surface area contributed by atoms with Crippen LogP contribution in [-0.4, -0.2) is 22.8 Å². The first-order chi connectivity index (χ1) is 11.4. The van der Waals surface area contributed by atoms with Crippen molar-refractivity contribution in [1.29, 1.82) is 0 Å². The largest absolute Gasteiger partial charge is 0.353 e. The molecule has 0 spiro atoms. The Morgan fingerprint density at radius 3 is 2.58 bits per heavy atom. The molecule has 0 saturated heterocycles. The predicted molar refractivity (Wildman–Crippen MR) is 92.1 cm³/mol. The van der Waals surface area contributed by atoms with Crippen LogP contribution in [0.2, 0.25) is 5.02 Å². The number of benzene rings is 1. The van der Waals surface area contributed by atoms with E-state index in [2.05, 4.69) is 4.98 Å². The lowest BCUT2D eigenvalue weighted by Gasteiger charge is -2.32. The molecule has 1 N–H and O–H groups in total. The number of nitrogens with zero attached hydrogens (tertiary/aromatic N) is 1. The van der Waals surface area contributed by atoms with Gasteiger partial charge in [0.2, 0.25) is 0 Å². The van der Waals surface area contributed by atoms with Gasteiger partial charge in [0.25, 0.3) is 0 Å². The Hall–Kier alpha value is -1.40. The number of halogens is 1. The van der Waals surface area contributed by atoms with E-state index in [1.807, 2.05) is 0 Å². The number of aromatic nitrogens is 2. The lowest BCUT2D eigenvalue weighted by Crippen LogP contribution is -2.40. The van der Waals surface area contributed by atoms with Gasteiger partial charge in [0, 0.05) is 5.02 Å². The molecule has 0 amide bonds. The van der Waals surface area contributed by atoms with Crippen LogP contribution in [0.25, 0.3) is 11.0 Å². The highest BCUT2D eigenvalue weighted by atomic mass is 35.5. The second kappa shape index (κ2) is 6.48. The normalized spacial score (nSPS) is 17.4. The standard InChI is InChI=1S/C15H18ClN2O5P/c1-3-22-24(21,23-4-2)12-6-5-9-7-10(16)8-11-13(9)18(12)15(20)14(19)17-11/h7-8,12H,3-6H2,1-2H3,(H,17,19). The van der Waals surface area contributed by atoms with Crippen molar-refractivity contribution in [2.24, 2.45) is 0 Å². The Labute approximate surface area is 143 Å². The molecule has 1 aromatic carbocycles. The van der Waals surface area contributed by atoms with Crippen molar-refractivity contribution in [2.45, 2.75) is 32.5 Å². The zero-order valence-corrected chi connectivity index (χ0v) is 15.0. The van der Waals surface area contributed by atoms with E-state index in [0.29, 0.717) is 28.9 Å². The molecule has 3 rings (SSSR count). The van der Waals surface area contributed by atoms with E-state index < -0.39 is 24.5 Å². The number of hydrogen-bond donors (Lipinski definition) is 1. The average molecular weight is 373 g/mol. The van der Waals surface area contributed by atoms with Gasteiger partial charge < -0.3 is 14.0 Å². The summed E-state index contributed by atoms with van der Waals surface area (Å²) in [6.07, 6.45) is 0.917. The van der Waals surface area contributed by atoms with E-state index in [4.69, 9.17) is 20.6 Å². The lowest BCUT2D eigenvalue weighted by molar-refractivity contribution is 0.201. The minimum Gasteiger partial charge on any atom is -0.316 e. The van der Waals surface area contributed by atoms with E-state index in [0.717, 1.165) is 5.56 Å².